The van der Waals surface area contributed by atoms with Crippen molar-refractivity contribution in [2.45, 2.75) is 6.04 Å². The van der Waals surface area contributed by atoms with Gasteiger partial charge in [-0.3, -0.25) is 0 Å². The van der Waals surface area contributed by atoms with E-state index in [1.807, 2.05) is 48.5 Å². The molecule has 3 heterocycles. The van der Waals surface area contributed by atoms with Crippen LogP contribution in [0.2, 0.25) is 5.15 Å². The Bertz CT molecular complexity index is 1300. The Morgan fingerprint density at radius 3 is 2.78 bits per heavy atom. The predicted octanol–water partition coefficient (Wildman–Crippen LogP) is 4.38. The zero-order chi connectivity index (χ0) is 18.5. The van der Waals surface area contributed by atoms with Gasteiger partial charge in [-0.05, 0) is 36.5 Å². The van der Waals surface area contributed by atoms with Gasteiger partial charge in [0.2, 0.25) is 0 Å². The van der Waals surface area contributed by atoms with Crippen LogP contribution in [0, 0.1) is 0 Å². The fraction of sp³-hybridized carbons (Fsp3) is 0.0500. The standard InChI is InChI=1S/C20H12ClN3O2S/c21-18-12(9-10-5-1-3-7-13(10)22-18)17-15-16(23-20(27)24-17)11-6-2-4-8-14(11)26-19(15)25/h1-9,17H,(H2,23,24,27). The fourth-order valence-electron chi connectivity index (χ4n) is 3.46. The van der Waals surface area contributed by atoms with Crippen LogP contribution in [0.5, 0.6) is 0 Å². The number of hydrogen-bond donors (Lipinski definition) is 2. The van der Waals surface area contributed by atoms with Crippen molar-refractivity contribution in [3.8, 4) is 0 Å². The summed E-state index contributed by atoms with van der Waals surface area (Å²) in [6.07, 6.45) is 0. The molecule has 0 saturated heterocycles. The fourth-order valence-corrected chi connectivity index (χ4v) is 3.93. The second kappa shape index (κ2) is 6.04. The lowest BCUT2D eigenvalue weighted by atomic mass is 9.96. The van der Waals surface area contributed by atoms with Gasteiger partial charge in [-0.2, -0.15) is 0 Å². The van der Waals surface area contributed by atoms with Crippen LogP contribution in [0.3, 0.4) is 0 Å². The number of rotatable bonds is 1. The van der Waals surface area contributed by atoms with Crippen molar-refractivity contribution in [3.05, 3.63) is 81.3 Å². The van der Waals surface area contributed by atoms with Gasteiger partial charge >= 0.3 is 5.63 Å². The van der Waals surface area contributed by atoms with Gasteiger partial charge in [0.25, 0.3) is 0 Å². The number of benzene rings is 2. The van der Waals surface area contributed by atoms with Gasteiger partial charge in [0.1, 0.15) is 10.7 Å². The van der Waals surface area contributed by atoms with Crippen molar-refractivity contribution >= 4 is 56.5 Å². The number of hydrogen-bond acceptors (Lipinski definition) is 4. The van der Waals surface area contributed by atoms with Crippen LogP contribution in [0.4, 0.5) is 5.69 Å². The summed E-state index contributed by atoms with van der Waals surface area (Å²) in [5.74, 6) is 0. The topological polar surface area (TPSA) is 67.2 Å². The number of halogens is 1. The van der Waals surface area contributed by atoms with Crippen molar-refractivity contribution in [1.29, 1.82) is 0 Å². The predicted molar refractivity (Wildman–Crippen MR) is 110 cm³/mol. The number of pyridine rings is 1. The number of aromatic nitrogens is 1. The first-order chi connectivity index (χ1) is 13.1. The van der Waals surface area contributed by atoms with Gasteiger partial charge in [-0.1, -0.05) is 41.9 Å². The highest BCUT2D eigenvalue weighted by Crippen LogP contribution is 2.37. The molecule has 0 amide bonds. The summed E-state index contributed by atoms with van der Waals surface area (Å²) in [5.41, 5.74) is 2.58. The molecule has 2 N–H and O–H groups in total. The number of anilines is 1. The lowest BCUT2D eigenvalue weighted by molar-refractivity contribution is 0.539. The van der Waals surface area contributed by atoms with Gasteiger partial charge in [0.05, 0.1) is 22.8 Å². The number of para-hydroxylation sites is 2. The maximum Gasteiger partial charge on any atom is 0.344 e. The van der Waals surface area contributed by atoms with Gasteiger partial charge in [0, 0.05) is 16.3 Å². The Kier molecular flexibility index (Phi) is 3.63. The molecule has 0 bridgehead atoms. The van der Waals surface area contributed by atoms with Gasteiger partial charge in [-0.15, -0.1) is 0 Å². The van der Waals surface area contributed by atoms with E-state index in [0.29, 0.717) is 32.7 Å². The minimum atomic E-state index is -0.556. The third-order valence-electron chi connectivity index (χ3n) is 4.67. The van der Waals surface area contributed by atoms with E-state index in [4.69, 9.17) is 28.2 Å². The van der Waals surface area contributed by atoms with Crippen molar-refractivity contribution in [3.63, 3.8) is 0 Å². The summed E-state index contributed by atoms with van der Waals surface area (Å²) in [5, 5.41) is 8.67. The number of nitrogens with zero attached hydrogens (tertiary/aromatic N) is 1. The SMILES string of the molecule is O=c1oc2ccccc2c2c1C(c1cc3ccccc3nc1Cl)NC(=S)N2. The van der Waals surface area contributed by atoms with E-state index >= 15 is 0 Å². The molecule has 5 rings (SSSR count). The molecule has 7 heteroatoms. The van der Waals surface area contributed by atoms with E-state index in [1.54, 1.807) is 6.07 Å². The Labute approximate surface area is 164 Å². The number of thiocarbonyl (C=S) groups is 1. The van der Waals surface area contributed by atoms with Crippen molar-refractivity contribution in [2.75, 3.05) is 5.32 Å². The monoisotopic (exact) mass is 393 g/mol. The van der Waals surface area contributed by atoms with Crippen LogP contribution in [0.1, 0.15) is 17.2 Å². The molecule has 2 aromatic carbocycles. The van der Waals surface area contributed by atoms with E-state index < -0.39 is 11.7 Å². The molecule has 0 saturated carbocycles. The molecule has 0 aliphatic carbocycles. The summed E-state index contributed by atoms with van der Waals surface area (Å²) < 4.78 is 5.53. The molecule has 1 aliphatic heterocycles. The van der Waals surface area contributed by atoms with Gasteiger partial charge < -0.3 is 15.1 Å². The first kappa shape index (κ1) is 16.2. The molecule has 1 atom stereocenters. The Balaban J connectivity index is 1.81. The van der Waals surface area contributed by atoms with E-state index in [2.05, 4.69) is 15.6 Å². The van der Waals surface area contributed by atoms with Crippen molar-refractivity contribution in [2.24, 2.45) is 0 Å². The summed E-state index contributed by atoms with van der Waals surface area (Å²) >= 11 is 11.9. The lowest BCUT2D eigenvalue weighted by Crippen LogP contribution is -2.41. The maximum atomic E-state index is 12.8. The molecule has 132 valence electrons. The maximum absolute atomic E-state index is 12.8. The number of fused-ring (bicyclic) bond motifs is 4. The van der Waals surface area contributed by atoms with Crippen LogP contribution in [0.25, 0.3) is 21.9 Å². The largest absolute Gasteiger partial charge is 0.422 e. The molecule has 0 radical (unpaired) electrons. The first-order valence-corrected chi connectivity index (χ1v) is 9.09. The summed E-state index contributed by atoms with van der Waals surface area (Å²) in [6.45, 7) is 0. The highest BCUT2D eigenvalue weighted by Gasteiger charge is 2.31. The Hall–Kier alpha value is -2.96. The quantitative estimate of drug-likeness (QED) is 0.284. The van der Waals surface area contributed by atoms with E-state index in [1.165, 1.54) is 0 Å². The average molecular weight is 394 g/mol. The normalized spacial score (nSPS) is 16.0. The molecule has 0 fully saturated rings. The molecule has 27 heavy (non-hydrogen) atoms. The van der Waals surface area contributed by atoms with Crippen LogP contribution in [0.15, 0.2) is 63.8 Å². The second-order valence-corrected chi connectivity index (χ2v) is 7.03. The van der Waals surface area contributed by atoms with Crippen LogP contribution in [-0.4, -0.2) is 10.1 Å². The molecule has 2 aromatic heterocycles. The Morgan fingerprint density at radius 2 is 1.89 bits per heavy atom. The molecule has 1 aliphatic rings. The zero-order valence-electron chi connectivity index (χ0n) is 13.8. The summed E-state index contributed by atoms with van der Waals surface area (Å²) in [7, 11) is 0. The molecular weight excluding hydrogens is 382 g/mol. The van der Waals surface area contributed by atoms with Crippen molar-refractivity contribution < 1.29 is 4.42 Å². The van der Waals surface area contributed by atoms with Crippen molar-refractivity contribution in [1.82, 2.24) is 10.3 Å². The number of nitrogens with one attached hydrogen (secondary N) is 2. The highest BCUT2D eigenvalue weighted by atomic mass is 35.5. The van der Waals surface area contributed by atoms with Gasteiger partial charge in [-0.25, -0.2) is 9.78 Å². The second-order valence-electron chi connectivity index (χ2n) is 6.27. The van der Waals surface area contributed by atoms with Gasteiger partial charge in [0.15, 0.2) is 5.11 Å². The minimum absolute atomic E-state index is 0.314. The van der Waals surface area contributed by atoms with E-state index in [-0.39, 0.29) is 0 Å². The molecule has 5 nitrogen and oxygen atoms in total. The molecule has 4 aromatic rings. The minimum Gasteiger partial charge on any atom is -0.422 e. The van der Waals surface area contributed by atoms with Crippen LogP contribution < -0.4 is 16.3 Å². The summed E-state index contributed by atoms with van der Waals surface area (Å²) in [4.78, 5) is 17.3. The van der Waals surface area contributed by atoms with E-state index in [0.717, 1.165) is 16.3 Å². The Morgan fingerprint density at radius 1 is 1.11 bits per heavy atom. The smallest absolute Gasteiger partial charge is 0.344 e. The zero-order valence-corrected chi connectivity index (χ0v) is 15.4. The molecular formula is C20H12ClN3O2S. The lowest BCUT2D eigenvalue weighted by Gasteiger charge is -2.29. The highest BCUT2D eigenvalue weighted by molar-refractivity contribution is 7.80. The first-order valence-electron chi connectivity index (χ1n) is 8.30. The average Bonchev–Trinajstić information content (AvgIpc) is 2.67. The van der Waals surface area contributed by atoms with E-state index in [9.17, 15) is 4.79 Å². The summed E-state index contributed by atoms with van der Waals surface area (Å²) in [6, 6.07) is 16.4. The van der Waals surface area contributed by atoms with Crippen LogP contribution >= 0.6 is 23.8 Å². The third-order valence-corrected chi connectivity index (χ3v) is 5.19. The molecule has 0 spiro atoms. The van der Waals surface area contributed by atoms with Crippen LogP contribution in [-0.2, 0) is 0 Å². The third kappa shape index (κ3) is 2.57. The molecule has 1 unspecified atom stereocenters.